The largest absolute Gasteiger partial charge is 0.463 e. The lowest BCUT2D eigenvalue weighted by Crippen LogP contribution is -2.39. The van der Waals surface area contributed by atoms with Gasteiger partial charge in [0.1, 0.15) is 0 Å². The van der Waals surface area contributed by atoms with Crippen LogP contribution in [0, 0.1) is 0 Å². The zero-order valence-corrected chi connectivity index (χ0v) is 20.2. The van der Waals surface area contributed by atoms with E-state index < -0.39 is 12.0 Å². The van der Waals surface area contributed by atoms with Crippen LogP contribution in [0.4, 0.5) is 0 Å². The molecule has 0 amide bonds. The third kappa shape index (κ3) is 4.20. The Morgan fingerprint density at radius 1 is 1.25 bits per heavy atom. The summed E-state index contributed by atoms with van der Waals surface area (Å²) in [5, 5.41) is 0.561. The van der Waals surface area contributed by atoms with Crippen LogP contribution in [0.2, 0.25) is 5.02 Å². The van der Waals surface area contributed by atoms with Crippen molar-refractivity contribution in [1.29, 1.82) is 0 Å². The maximum absolute atomic E-state index is 13.5. The number of allylic oxidation sites excluding steroid dienone is 1. The zero-order valence-electron chi connectivity index (χ0n) is 17.8. The number of benzene rings is 2. The summed E-state index contributed by atoms with van der Waals surface area (Å²) in [7, 11) is 0. The minimum absolute atomic E-state index is 0.220. The highest BCUT2D eigenvalue weighted by atomic mass is 35.5. The van der Waals surface area contributed by atoms with Crippen LogP contribution in [0.1, 0.15) is 31.0 Å². The number of ether oxygens (including phenoxy) is 1. The summed E-state index contributed by atoms with van der Waals surface area (Å²) in [6, 6.07) is 14.6. The highest BCUT2D eigenvalue weighted by Gasteiger charge is 2.33. The van der Waals surface area contributed by atoms with E-state index in [-0.39, 0.29) is 12.2 Å². The molecule has 2 aromatic carbocycles. The molecule has 0 saturated carbocycles. The summed E-state index contributed by atoms with van der Waals surface area (Å²) < 4.78 is 7.41. The van der Waals surface area contributed by atoms with Crippen LogP contribution in [-0.4, -0.2) is 23.4 Å². The second-order valence-electron chi connectivity index (χ2n) is 7.10. The van der Waals surface area contributed by atoms with Gasteiger partial charge in [-0.2, -0.15) is 0 Å². The average molecular weight is 485 g/mol. The van der Waals surface area contributed by atoms with Gasteiger partial charge in [-0.25, -0.2) is 9.79 Å². The van der Waals surface area contributed by atoms with Crippen molar-refractivity contribution in [2.24, 2.45) is 4.99 Å². The third-order valence-corrected chi connectivity index (χ3v) is 7.21. The van der Waals surface area contributed by atoms with E-state index in [1.54, 1.807) is 42.3 Å². The molecule has 0 fully saturated rings. The molecule has 0 saturated heterocycles. The van der Waals surface area contributed by atoms with Crippen molar-refractivity contribution in [3.05, 3.63) is 95.6 Å². The molecule has 32 heavy (non-hydrogen) atoms. The summed E-state index contributed by atoms with van der Waals surface area (Å²) in [6.45, 7) is 3.78. The molecule has 164 valence electrons. The number of hydrogen-bond acceptors (Lipinski definition) is 6. The summed E-state index contributed by atoms with van der Waals surface area (Å²) in [5.74, 6) is -0.465. The molecule has 1 aliphatic rings. The Balaban J connectivity index is 1.96. The molecule has 0 N–H and O–H groups in total. The van der Waals surface area contributed by atoms with Gasteiger partial charge in [0.25, 0.3) is 5.56 Å². The fraction of sp³-hybridized carbons (Fsp3) is 0.208. The van der Waals surface area contributed by atoms with Gasteiger partial charge in [-0.3, -0.25) is 9.36 Å². The topological polar surface area (TPSA) is 60.7 Å². The van der Waals surface area contributed by atoms with Crippen molar-refractivity contribution in [2.45, 2.75) is 24.8 Å². The van der Waals surface area contributed by atoms with Gasteiger partial charge in [0.15, 0.2) is 4.80 Å². The van der Waals surface area contributed by atoms with Gasteiger partial charge < -0.3 is 4.74 Å². The molecule has 2 heterocycles. The lowest BCUT2D eigenvalue weighted by Gasteiger charge is -2.24. The number of fused-ring (bicyclic) bond motifs is 1. The van der Waals surface area contributed by atoms with E-state index in [2.05, 4.69) is 4.99 Å². The fourth-order valence-corrected chi connectivity index (χ4v) is 5.26. The quantitative estimate of drug-likeness (QED) is 0.403. The molecular weight excluding hydrogens is 464 g/mol. The van der Waals surface area contributed by atoms with Crippen LogP contribution in [0.3, 0.4) is 0 Å². The van der Waals surface area contributed by atoms with Gasteiger partial charge in [-0.05, 0) is 55.5 Å². The SMILES string of the molecule is CCOC(=O)C1=C(C)N=c2s/c(=C\c3ccccc3Cl)c(=O)n2C1c1ccc(SC)cc1. The lowest BCUT2D eigenvalue weighted by molar-refractivity contribution is -0.139. The average Bonchev–Trinajstić information content (AvgIpc) is 3.09. The first kappa shape index (κ1) is 22.6. The van der Waals surface area contributed by atoms with Crippen LogP contribution >= 0.6 is 34.7 Å². The number of thioether (sulfide) groups is 1. The Hall–Kier alpha value is -2.61. The minimum Gasteiger partial charge on any atom is -0.463 e. The van der Waals surface area contributed by atoms with Gasteiger partial charge >= 0.3 is 5.97 Å². The number of carbonyl (C=O) groups excluding carboxylic acids is 1. The molecule has 0 aliphatic carbocycles. The lowest BCUT2D eigenvalue weighted by atomic mass is 9.96. The Kier molecular flexibility index (Phi) is 6.69. The highest BCUT2D eigenvalue weighted by molar-refractivity contribution is 7.98. The van der Waals surface area contributed by atoms with E-state index in [9.17, 15) is 9.59 Å². The van der Waals surface area contributed by atoms with Crippen molar-refractivity contribution in [1.82, 2.24) is 4.57 Å². The number of carbonyl (C=O) groups is 1. The van der Waals surface area contributed by atoms with Crippen molar-refractivity contribution in [3.8, 4) is 0 Å². The summed E-state index contributed by atoms with van der Waals surface area (Å²) in [4.78, 5) is 32.7. The molecule has 0 bridgehead atoms. The maximum Gasteiger partial charge on any atom is 0.338 e. The van der Waals surface area contributed by atoms with Crippen LogP contribution in [0.5, 0.6) is 0 Å². The second-order valence-corrected chi connectivity index (χ2v) is 9.39. The van der Waals surface area contributed by atoms with Gasteiger partial charge in [-0.1, -0.05) is 53.3 Å². The molecule has 1 atom stereocenters. The van der Waals surface area contributed by atoms with E-state index in [1.807, 2.05) is 48.7 Å². The van der Waals surface area contributed by atoms with Gasteiger partial charge in [0.05, 0.1) is 28.5 Å². The number of halogens is 1. The number of nitrogens with zero attached hydrogens (tertiary/aromatic N) is 2. The molecule has 4 rings (SSSR count). The second kappa shape index (κ2) is 9.48. The normalized spacial score (nSPS) is 16.0. The molecule has 1 aromatic heterocycles. The number of aromatic nitrogens is 1. The number of rotatable bonds is 5. The van der Waals surface area contributed by atoms with E-state index in [4.69, 9.17) is 16.3 Å². The predicted octanol–water partition coefficient (Wildman–Crippen LogP) is 4.17. The van der Waals surface area contributed by atoms with Crippen LogP contribution in [0.25, 0.3) is 6.08 Å². The number of esters is 1. The van der Waals surface area contributed by atoms with E-state index in [1.165, 1.54) is 11.3 Å². The van der Waals surface area contributed by atoms with Gasteiger partial charge in [-0.15, -0.1) is 11.8 Å². The monoisotopic (exact) mass is 484 g/mol. The molecule has 0 radical (unpaired) electrons. The van der Waals surface area contributed by atoms with Gasteiger partial charge in [0.2, 0.25) is 0 Å². The van der Waals surface area contributed by atoms with E-state index in [0.717, 1.165) is 16.0 Å². The first-order valence-corrected chi connectivity index (χ1v) is 12.4. The van der Waals surface area contributed by atoms with Crippen molar-refractivity contribution in [3.63, 3.8) is 0 Å². The minimum atomic E-state index is -0.616. The fourth-order valence-electron chi connectivity index (χ4n) is 3.63. The van der Waals surface area contributed by atoms with Crippen molar-refractivity contribution < 1.29 is 9.53 Å². The predicted molar refractivity (Wildman–Crippen MR) is 130 cm³/mol. The molecular formula is C24H21ClN2O3S2. The Labute approximate surface area is 198 Å². The summed E-state index contributed by atoms with van der Waals surface area (Å²) in [5.41, 5.74) is 2.28. The first-order chi connectivity index (χ1) is 15.4. The summed E-state index contributed by atoms with van der Waals surface area (Å²) in [6.07, 6.45) is 3.77. The molecule has 1 aliphatic heterocycles. The summed E-state index contributed by atoms with van der Waals surface area (Å²) >= 11 is 9.21. The Morgan fingerprint density at radius 2 is 1.97 bits per heavy atom. The third-order valence-electron chi connectivity index (χ3n) is 5.14. The Bertz CT molecular complexity index is 1390. The molecule has 5 nitrogen and oxygen atoms in total. The number of thiazole rings is 1. The van der Waals surface area contributed by atoms with Crippen molar-refractivity contribution in [2.75, 3.05) is 12.9 Å². The smallest absolute Gasteiger partial charge is 0.338 e. The van der Waals surface area contributed by atoms with Crippen LogP contribution in [0.15, 0.2) is 74.5 Å². The van der Waals surface area contributed by atoms with Crippen LogP contribution < -0.4 is 14.9 Å². The molecule has 0 spiro atoms. The van der Waals surface area contributed by atoms with Gasteiger partial charge in [0, 0.05) is 9.92 Å². The highest BCUT2D eigenvalue weighted by Crippen LogP contribution is 2.31. The van der Waals surface area contributed by atoms with Crippen LogP contribution in [-0.2, 0) is 9.53 Å². The standard InChI is InChI=1S/C24H21ClN2O3S2/c1-4-30-23(29)20-14(2)26-24-27(21(20)15-9-11-17(31-3)12-10-15)22(28)19(32-24)13-16-7-5-6-8-18(16)25/h5-13,21H,4H2,1-3H3/b19-13-. The maximum atomic E-state index is 13.5. The number of hydrogen-bond donors (Lipinski definition) is 0. The molecule has 3 aromatic rings. The van der Waals surface area contributed by atoms with E-state index >= 15 is 0 Å². The van der Waals surface area contributed by atoms with Crippen molar-refractivity contribution >= 4 is 46.7 Å². The molecule has 8 heteroatoms. The molecule has 1 unspecified atom stereocenters. The van der Waals surface area contributed by atoms with E-state index in [0.29, 0.717) is 25.6 Å². The first-order valence-electron chi connectivity index (χ1n) is 10.0. The zero-order chi connectivity index (χ0) is 22.8. The Morgan fingerprint density at radius 3 is 2.62 bits per heavy atom.